The number of nitrogens with one attached hydrogen (secondary N) is 2. The van der Waals surface area contributed by atoms with Gasteiger partial charge < -0.3 is 21.6 Å². The van der Waals surface area contributed by atoms with Crippen molar-refractivity contribution in [3.63, 3.8) is 0 Å². The molecule has 2 aromatic heterocycles. The first-order chi connectivity index (χ1) is 16.1. The van der Waals surface area contributed by atoms with Crippen LogP contribution in [0.3, 0.4) is 0 Å². The highest BCUT2D eigenvalue weighted by Crippen LogP contribution is 2.32. The van der Waals surface area contributed by atoms with Crippen molar-refractivity contribution >= 4 is 23.0 Å². The summed E-state index contributed by atoms with van der Waals surface area (Å²) in [6, 6.07) is 21.4. The fraction of sp³-hybridized carbons (Fsp3) is 0.115. The van der Waals surface area contributed by atoms with E-state index in [1.165, 1.54) is 11.3 Å². The van der Waals surface area contributed by atoms with E-state index in [9.17, 15) is 9.90 Å². The van der Waals surface area contributed by atoms with Crippen LogP contribution in [-0.4, -0.2) is 21.7 Å². The third kappa shape index (κ3) is 5.16. The Morgan fingerprint density at radius 2 is 1.85 bits per heavy atom. The van der Waals surface area contributed by atoms with Crippen molar-refractivity contribution in [1.29, 1.82) is 5.41 Å². The molecule has 1 atom stereocenters. The molecule has 0 spiro atoms. The molecule has 4 aromatic rings. The van der Waals surface area contributed by atoms with E-state index in [2.05, 4.69) is 10.3 Å². The molecule has 0 aliphatic heterocycles. The number of rotatable bonds is 8. The number of carbonyl (C=O) groups is 1. The predicted octanol–water partition coefficient (Wildman–Crippen LogP) is 4.90. The number of phenols is 1. The lowest BCUT2D eigenvalue weighted by Gasteiger charge is -2.20. The zero-order chi connectivity index (χ0) is 23.2. The van der Waals surface area contributed by atoms with Gasteiger partial charge in [0.2, 0.25) is 0 Å². The number of nitrogens with two attached hydrogens (primary N) is 1. The molecule has 0 saturated carbocycles. The van der Waals surface area contributed by atoms with E-state index in [0.717, 1.165) is 16.0 Å². The number of benzene rings is 2. The molecule has 2 heterocycles. The Labute approximate surface area is 196 Å². The quantitative estimate of drug-likeness (QED) is 0.282. The van der Waals surface area contributed by atoms with E-state index in [1.54, 1.807) is 54.9 Å². The molecule has 6 nitrogen and oxygen atoms in total. The number of aromatic hydroxyl groups is 1. The number of amides is 1. The molecule has 2 aromatic carbocycles. The molecule has 0 aliphatic carbocycles. The summed E-state index contributed by atoms with van der Waals surface area (Å²) in [5.74, 6) is -0.186. The van der Waals surface area contributed by atoms with E-state index in [-0.39, 0.29) is 18.1 Å². The van der Waals surface area contributed by atoms with Gasteiger partial charge in [0.25, 0.3) is 5.91 Å². The van der Waals surface area contributed by atoms with E-state index >= 15 is 0 Å². The molecule has 0 bridgehead atoms. The lowest BCUT2D eigenvalue weighted by atomic mass is 9.97. The fourth-order valence-corrected chi connectivity index (χ4v) is 4.63. The Morgan fingerprint density at radius 1 is 1.06 bits per heavy atom. The van der Waals surface area contributed by atoms with Crippen LogP contribution in [-0.2, 0) is 6.54 Å². The molecular weight excluding hydrogens is 432 g/mol. The Balaban J connectivity index is 1.59. The second-order valence-corrected chi connectivity index (χ2v) is 8.62. The number of nitrogens with zero attached hydrogens (tertiary/aromatic N) is 1. The van der Waals surface area contributed by atoms with Gasteiger partial charge in [0.05, 0.1) is 10.9 Å². The van der Waals surface area contributed by atoms with E-state index in [4.69, 9.17) is 11.1 Å². The summed E-state index contributed by atoms with van der Waals surface area (Å²) in [4.78, 5) is 18.7. The third-order valence-corrected chi connectivity index (χ3v) is 6.49. The molecule has 0 saturated heterocycles. The molecule has 166 valence electrons. The van der Waals surface area contributed by atoms with Crippen LogP contribution in [0.1, 0.15) is 38.8 Å². The Hall–Kier alpha value is -3.81. The monoisotopic (exact) mass is 456 g/mol. The highest BCUT2D eigenvalue weighted by atomic mass is 32.1. The van der Waals surface area contributed by atoms with Gasteiger partial charge in [-0.2, -0.15) is 0 Å². The number of para-hydroxylation sites is 1. The Bertz CT molecular complexity index is 1270. The van der Waals surface area contributed by atoms with Gasteiger partial charge in [0, 0.05) is 47.1 Å². The van der Waals surface area contributed by atoms with E-state index < -0.39 is 6.04 Å². The molecule has 4 rings (SSSR count). The zero-order valence-electron chi connectivity index (χ0n) is 17.9. The van der Waals surface area contributed by atoms with Crippen LogP contribution >= 0.6 is 11.3 Å². The average molecular weight is 457 g/mol. The second-order valence-electron chi connectivity index (χ2n) is 7.53. The summed E-state index contributed by atoms with van der Waals surface area (Å²) in [5.41, 5.74) is 9.45. The van der Waals surface area contributed by atoms with Crippen LogP contribution in [0.25, 0.3) is 10.4 Å². The minimum atomic E-state index is -0.576. The van der Waals surface area contributed by atoms with Gasteiger partial charge in [-0.15, -0.1) is 11.3 Å². The van der Waals surface area contributed by atoms with Crippen LogP contribution in [0, 0.1) is 5.41 Å². The molecule has 0 fully saturated rings. The van der Waals surface area contributed by atoms with Crippen LogP contribution in [0.2, 0.25) is 0 Å². The first kappa shape index (κ1) is 22.4. The Morgan fingerprint density at radius 3 is 2.61 bits per heavy atom. The van der Waals surface area contributed by atoms with Gasteiger partial charge in [0.1, 0.15) is 5.75 Å². The van der Waals surface area contributed by atoms with Crippen LogP contribution < -0.4 is 11.1 Å². The van der Waals surface area contributed by atoms with Crippen LogP contribution in [0.5, 0.6) is 5.75 Å². The van der Waals surface area contributed by atoms with Crippen molar-refractivity contribution in [2.45, 2.75) is 19.0 Å². The number of aromatic nitrogens is 1. The summed E-state index contributed by atoms with van der Waals surface area (Å²) in [6.07, 6.45) is 3.48. The van der Waals surface area contributed by atoms with Crippen molar-refractivity contribution in [3.05, 3.63) is 107 Å². The molecule has 1 unspecified atom stereocenters. The third-order valence-electron chi connectivity index (χ3n) is 5.37. The highest BCUT2D eigenvalue weighted by Gasteiger charge is 2.22. The minimum Gasteiger partial charge on any atom is -0.508 e. The molecule has 1 amide bonds. The van der Waals surface area contributed by atoms with Crippen LogP contribution in [0.4, 0.5) is 0 Å². The standard InChI is InChI=1S/C26H24N4O2S/c27-15-17-6-1-2-8-19(17)24-11-12-25(33-24)26(32)30-22(20-9-3-4-10-23(20)31)14-21(28)18-7-5-13-29-16-18/h1-13,16,22,28,31H,14-15,27H2,(H,30,32). The smallest absolute Gasteiger partial charge is 0.261 e. The number of carbonyl (C=O) groups excluding carboxylic acids is 1. The molecule has 33 heavy (non-hydrogen) atoms. The maximum Gasteiger partial charge on any atom is 0.261 e. The lowest BCUT2D eigenvalue weighted by molar-refractivity contribution is 0.0941. The predicted molar refractivity (Wildman–Crippen MR) is 132 cm³/mol. The van der Waals surface area contributed by atoms with Crippen molar-refractivity contribution in [3.8, 4) is 16.2 Å². The molecule has 7 heteroatoms. The molecule has 0 aliphatic rings. The van der Waals surface area contributed by atoms with Crippen molar-refractivity contribution < 1.29 is 9.90 Å². The fourth-order valence-electron chi connectivity index (χ4n) is 3.66. The zero-order valence-corrected chi connectivity index (χ0v) is 18.7. The second kappa shape index (κ2) is 10.2. The molecule has 5 N–H and O–H groups in total. The topological polar surface area (TPSA) is 112 Å². The highest BCUT2D eigenvalue weighted by molar-refractivity contribution is 7.17. The number of pyridine rings is 1. The maximum absolute atomic E-state index is 13.2. The number of hydrogen-bond donors (Lipinski definition) is 4. The summed E-state index contributed by atoms with van der Waals surface area (Å²) >= 11 is 1.39. The summed E-state index contributed by atoms with van der Waals surface area (Å²) in [7, 11) is 0. The van der Waals surface area contributed by atoms with Crippen molar-refractivity contribution in [1.82, 2.24) is 10.3 Å². The van der Waals surface area contributed by atoms with Gasteiger partial charge >= 0.3 is 0 Å². The van der Waals surface area contributed by atoms with Gasteiger partial charge in [-0.05, 0) is 35.4 Å². The average Bonchev–Trinajstić information content (AvgIpc) is 3.35. The van der Waals surface area contributed by atoms with E-state index in [1.807, 2.05) is 30.3 Å². The number of hydrogen-bond acceptors (Lipinski definition) is 6. The summed E-state index contributed by atoms with van der Waals surface area (Å²) in [6.45, 7) is 0.418. The first-order valence-corrected chi connectivity index (χ1v) is 11.3. The largest absolute Gasteiger partial charge is 0.508 e. The molecule has 0 radical (unpaired) electrons. The normalized spacial score (nSPS) is 11.7. The Kier molecular flexibility index (Phi) is 6.92. The van der Waals surface area contributed by atoms with Gasteiger partial charge in [-0.3, -0.25) is 9.78 Å². The van der Waals surface area contributed by atoms with Crippen LogP contribution in [0.15, 0.2) is 85.2 Å². The maximum atomic E-state index is 13.2. The number of phenolic OH excluding ortho intramolecular Hbond substituents is 1. The molecular formula is C26H24N4O2S. The van der Waals surface area contributed by atoms with E-state index in [0.29, 0.717) is 28.3 Å². The summed E-state index contributed by atoms with van der Waals surface area (Å²) in [5, 5.41) is 21.9. The van der Waals surface area contributed by atoms with Gasteiger partial charge in [0.15, 0.2) is 0 Å². The number of thiophene rings is 1. The van der Waals surface area contributed by atoms with Gasteiger partial charge in [-0.1, -0.05) is 48.5 Å². The SMILES string of the molecule is N=C(CC(NC(=O)c1ccc(-c2ccccc2CN)s1)c1ccccc1O)c1cccnc1. The van der Waals surface area contributed by atoms with Crippen molar-refractivity contribution in [2.75, 3.05) is 0 Å². The first-order valence-electron chi connectivity index (χ1n) is 10.5. The van der Waals surface area contributed by atoms with Gasteiger partial charge in [-0.25, -0.2) is 0 Å². The summed E-state index contributed by atoms with van der Waals surface area (Å²) < 4.78 is 0. The van der Waals surface area contributed by atoms with Crippen molar-refractivity contribution in [2.24, 2.45) is 5.73 Å². The lowest BCUT2D eigenvalue weighted by Crippen LogP contribution is -2.29. The minimum absolute atomic E-state index is 0.0746.